The van der Waals surface area contributed by atoms with Gasteiger partial charge in [-0.1, -0.05) is 30.3 Å². The average molecular weight is 362 g/mol. The number of alkyl halides is 3. The molecule has 0 saturated heterocycles. The molecule has 1 aromatic heterocycles. The minimum atomic E-state index is -4.37. The molecule has 0 fully saturated rings. The fraction of sp³-hybridized carbons (Fsp3) is 0.211. The van der Waals surface area contributed by atoms with Gasteiger partial charge < -0.3 is 14.6 Å². The van der Waals surface area contributed by atoms with Crippen LogP contribution in [-0.4, -0.2) is 23.3 Å². The fourth-order valence-corrected chi connectivity index (χ4v) is 2.67. The molecule has 26 heavy (non-hydrogen) atoms. The smallest absolute Gasteiger partial charge is 0.422 e. The predicted molar refractivity (Wildman–Crippen MR) is 92.1 cm³/mol. The Morgan fingerprint density at radius 2 is 1.81 bits per heavy atom. The second-order valence-corrected chi connectivity index (χ2v) is 5.90. The van der Waals surface area contributed by atoms with Crippen molar-refractivity contribution >= 4 is 16.8 Å². The van der Waals surface area contributed by atoms with Gasteiger partial charge in [0.15, 0.2) is 6.61 Å². The van der Waals surface area contributed by atoms with E-state index in [1.807, 2.05) is 35.9 Å². The van der Waals surface area contributed by atoms with Crippen molar-refractivity contribution in [1.29, 1.82) is 0 Å². The summed E-state index contributed by atoms with van der Waals surface area (Å²) in [5, 5.41) is 3.69. The molecule has 0 aliphatic heterocycles. The van der Waals surface area contributed by atoms with E-state index >= 15 is 0 Å². The maximum Gasteiger partial charge on any atom is 0.422 e. The lowest BCUT2D eigenvalue weighted by Gasteiger charge is -2.10. The van der Waals surface area contributed by atoms with Crippen molar-refractivity contribution in [2.45, 2.75) is 12.7 Å². The van der Waals surface area contributed by atoms with Gasteiger partial charge in [-0.05, 0) is 23.8 Å². The van der Waals surface area contributed by atoms with Crippen molar-refractivity contribution in [3.05, 3.63) is 65.9 Å². The molecule has 0 unspecified atom stereocenters. The van der Waals surface area contributed by atoms with Gasteiger partial charge in [0.2, 0.25) is 0 Å². The third-order valence-corrected chi connectivity index (χ3v) is 3.92. The number of amides is 1. The van der Waals surface area contributed by atoms with Crippen LogP contribution in [0.2, 0.25) is 0 Å². The minimum absolute atomic E-state index is 0.131. The van der Waals surface area contributed by atoms with Gasteiger partial charge in [-0.25, -0.2) is 0 Å². The van der Waals surface area contributed by atoms with Crippen molar-refractivity contribution in [2.24, 2.45) is 7.05 Å². The zero-order chi connectivity index (χ0) is 18.7. The van der Waals surface area contributed by atoms with Crippen LogP contribution in [0.25, 0.3) is 10.9 Å². The zero-order valence-electron chi connectivity index (χ0n) is 14.0. The highest BCUT2D eigenvalue weighted by atomic mass is 19.4. The molecule has 1 heterocycles. The molecular formula is C19H17F3N2O2. The van der Waals surface area contributed by atoms with Crippen molar-refractivity contribution in [1.82, 2.24) is 9.88 Å². The van der Waals surface area contributed by atoms with Crippen LogP contribution in [0, 0.1) is 0 Å². The van der Waals surface area contributed by atoms with Crippen LogP contribution in [0.1, 0.15) is 15.9 Å². The highest BCUT2D eigenvalue weighted by Crippen LogP contribution is 2.21. The van der Waals surface area contributed by atoms with Crippen molar-refractivity contribution in [3.63, 3.8) is 0 Å². The largest absolute Gasteiger partial charge is 0.484 e. The van der Waals surface area contributed by atoms with E-state index in [1.165, 1.54) is 12.1 Å². The van der Waals surface area contributed by atoms with Gasteiger partial charge in [0.1, 0.15) is 5.75 Å². The van der Waals surface area contributed by atoms with Gasteiger partial charge in [-0.2, -0.15) is 13.2 Å². The van der Waals surface area contributed by atoms with E-state index in [0.29, 0.717) is 5.56 Å². The molecule has 3 rings (SSSR count). The van der Waals surface area contributed by atoms with Crippen LogP contribution >= 0.6 is 0 Å². The molecule has 0 spiro atoms. The Kier molecular flexibility index (Phi) is 4.88. The molecule has 0 atom stereocenters. The minimum Gasteiger partial charge on any atom is -0.484 e. The third-order valence-electron chi connectivity index (χ3n) is 3.92. The molecule has 7 heteroatoms. The first-order valence-electron chi connectivity index (χ1n) is 7.94. The molecule has 1 N–H and O–H groups in total. The van der Waals surface area contributed by atoms with Crippen LogP contribution in [0.15, 0.2) is 54.7 Å². The molecular weight excluding hydrogens is 345 g/mol. The third kappa shape index (κ3) is 4.17. The van der Waals surface area contributed by atoms with E-state index in [-0.39, 0.29) is 18.2 Å². The highest BCUT2D eigenvalue weighted by molar-refractivity contribution is 6.06. The topological polar surface area (TPSA) is 43.3 Å². The first-order chi connectivity index (χ1) is 12.3. The summed E-state index contributed by atoms with van der Waals surface area (Å²) in [4.78, 5) is 12.5. The van der Waals surface area contributed by atoms with Crippen LogP contribution < -0.4 is 10.1 Å². The number of carbonyl (C=O) groups is 1. The van der Waals surface area contributed by atoms with Gasteiger partial charge in [0.25, 0.3) is 5.91 Å². The second-order valence-electron chi connectivity index (χ2n) is 5.90. The van der Waals surface area contributed by atoms with Gasteiger partial charge >= 0.3 is 6.18 Å². The van der Waals surface area contributed by atoms with Crippen LogP contribution in [-0.2, 0) is 13.6 Å². The number of hydrogen-bond acceptors (Lipinski definition) is 2. The Balaban J connectivity index is 1.62. The summed E-state index contributed by atoms with van der Waals surface area (Å²) < 4.78 is 42.9. The number of halogens is 3. The van der Waals surface area contributed by atoms with Gasteiger partial charge in [0.05, 0.1) is 5.56 Å². The number of para-hydroxylation sites is 1. The molecule has 3 aromatic rings. The number of fused-ring (bicyclic) bond motifs is 1. The molecule has 4 nitrogen and oxygen atoms in total. The van der Waals surface area contributed by atoms with E-state index in [9.17, 15) is 18.0 Å². The number of nitrogens with zero attached hydrogens (tertiary/aromatic N) is 1. The van der Waals surface area contributed by atoms with Gasteiger partial charge in [-0.3, -0.25) is 4.79 Å². The summed E-state index contributed by atoms with van der Waals surface area (Å²) in [6, 6.07) is 13.7. The molecule has 136 valence electrons. The number of carbonyl (C=O) groups excluding carboxylic acids is 1. The Hall–Kier alpha value is -2.96. The first kappa shape index (κ1) is 17.8. The molecule has 0 aliphatic carbocycles. The Morgan fingerprint density at radius 3 is 2.50 bits per heavy atom. The van der Waals surface area contributed by atoms with E-state index in [0.717, 1.165) is 16.5 Å². The zero-order valence-corrected chi connectivity index (χ0v) is 14.0. The SMILES string of the molecule is Cn1cc(C(=O)NCc2ccc(OCC(F)(F)F)cc2)c2ccccc21. The lowest BCUT2D eigenvalue weighted by atomic mass is 10.1. The maximum absolute atomic E-state index is 12.5. The highest BCUT2D eigenvalue weighted by Gasteiger charge is 2.28. The molecule has 0 aliphatic rings. The van der Waals surface area contributed by atoms with Crippen molar-refractivity contribution in [2.75, 3.05) is 6.61 Å². The second kappa shape index (κ2) is 7.11. The number of rotatable bonds is 5. The average Bonchev–Trinajstić information content (AvgIpc) is 2.95. The van der Waals surface area contributed by atoms with E-state index in [4.69, 9.17) is 0 Å². The lowest BCUT2D eigenvalue weighted by Crippen LogP contribution is -2.22. The van der Waals surface area contributed by atoms with Gasteiger partial charge in [0, 0.05) is 30.7 Å². The van der Waals surface area contributed by atoms with Crippen molar-refractivity contribution in [3.8, 4) is 5.75 Å². The first-order valence-corrected chi connectivity index (χ1v) is 7.94. The summed E-state index contributed by atoms with van der Waals surface area (Å²) in [5.74, 6) is -0.0781. The van der Waals surface area contributed by atoms with E-state index < -0.39 is 12.8 Å². The standard InChI is InChI=1S/C19H17F3N2O2/c1-24-11-16(15-4-2-3-5-17(15)24)18(25)23-10-13-6-8-14(9-7-13)26-12-19(20,21)22/h2-9,11H,10,12H2,1H3,(H,23,25). The van der Waals surface area contributed by atoms with Crippen LogP contribution in [0.5, 0.6) is 5.75 Å². The summed E-state index contributed by atoms with van der Waals surface area (Å²) >= 11 is 0. The molecule has 2 aromatic carbocycles. The Labute approximate surface area is 148 Å². The molecule has 0 saturated carbocycles. The van der Waals surface area contributed by atoms with E-state index in [2.05, 4.69) is 10.1 Å². The number of ether oxygens (including phenoxy) is 1. The Morgan fingerprint density at radius 1 is 1.12 bits per heavy atom. The number of aryl methyl sites for hydroxylation is 1. The summed E-state index contributed by atoms with van der Waals surface area (Å²) in [7, 11) is 1.87. The number of benzene rings is 2. The van der Waals surface area contributed by atoms with E-state index in [1.54, 1.807) is 18.3 Å². The predicted octanol–water partition coefficient (Wildman–Crippen LogP) is 4.05. The quantitative estimate of drug-likeness (QED) is 0.744. The monoisotopic (exact) mass is 362 g/mol. The van der Waals surface area contributed by atoms with Gasteiger partial charge in [-0.15, -0.1) is 0 Å². The maximum atomic E-state index is 12.5. The summed E-state index contributed by atoms with van der Waals surface area (Å²) in [6.45, 7) is -1.06. The number of nitrogens with one attached hydrogen (secondary N) is 1. The summed E-state index contributed by atoms with van der Waals surface area (Å²) in [5.41, 5.74) is 2.30. The van der Waals surface area contributed by atoms with Crippen LogP contribution in [0.3, 0.4) is 0 Å². The Bertz CT molecular complexity index is 915. The molecule has 1 amide bonds. The van der Waals surface area contributed by atoms with Crippen LogP contribution in [0.4, 0.5) is 13.2 Å². The fourth-order valence-electron chi connectivity index (χ4n) is 2.67. The normalized spacial score (nSPS) is 11.5. The molecule has 0 radical (unpaired) electrons. The lowest BCUT2D eigenvalue weighted by molar-refractivity contribution is -0.153. The molecule has 0 bridgehead atoms. The number of aromatic nitrogens is 1. The number of hydrogen-bond donors (Lipinski definition) is 1. The van der Waals surface area contributed by atoms with Crippen molar-refractivity contribution < 1.29 is 22.7 Å². The summed E-state index contributed by atoms with van der Waals surface area (Å²) in [6.07, 6.45) is -2.60.